The number of hydrogen-bond donors (Lipinski definition) is 0. The van der Waals surface area contributed by atoms with Gasteiger partial charge in [-0.1, -0.05) is 115 Å². The Bertz CT molecular complexity index is 3530. The Hall–Kier alpha value is -7.83. The van der Waals surface area contributed by atoms with Crippen LogP contribution < -0.4 is 0 Å². The Balaban J connectivity index is 1.05. The van der Waals surface area contributed by atoms with E-state index in [0.29, 0.717) is 17.5 Å². The van der Waals surface area contributed by atoms with Crippen LogP contribution in [0, 0.1) is 0 Å². The lowest BCUT2D eigenvalue weighted by atomic mass is 10.0. The quantitative estimate of drug-likeness (QED) is 0.176. The molecule has 0 amide bonds. The van der Waals surface area contributed by atoms with Crippen LogP contribution >= 0.6 is 0 Å². The molecule has 8 aromatic carbocycles. The fourth-order valence-electron chi connectivity index (χ4n) is 8.38. The topological polar surface area (TPSA) is 69.9 Å². The van der Waals surface area contributed by atoms with Crippen LogP contribution in [0.25, 0.3) is 117 Å². The standard InChI is InChI=1S/C51H30N4O2/c1-3-12-31(13-4-1)32-14-11-15-33(28-32)49-52-50(34-22-24-38-37-18-8-10-21-44(37)56-45(38)29-34)54-51(53-49)35-23-25-39-40-26-27-43-47(48(40)57-46(39)30-35)41-19-7-9-20-42(41)55(43)36-16-5-2-6-17-36/h1-30H. The molecule has 0 aliphatic carbocycles. The molecule has 4 heterocycles. The van der Waals surface area contributed by atoms with Crippen LogP contribution in [0.4, 0.5) is 0 Å². The van der Waals surface area contributed by atoms with Gasteiger partial charge in [0, 0.05) is 49.3 Å². The third kappa shape index (κ3) is 5.01. The van der Waals surface area contributed by atoms with Gasteiger partial charge >= 0.3 is 0 Å². The highest BCUT2D eigenvalue weighted by Gasteiger charge is 2.20. The van der Waals surface area contributed by atoms with Gasteiger partial charge in [0.15, 0.2) is 17.5 Å². The Labute approximate surface area is 325 Å². The van der Waals surface area contributed by atoms with Crippen molar-refractivity contribution in [1.82, 2.24) is 19.5 Å². The second-order valence-electron chi connectivity index (χ2n) is 14.4. The molecule has 6 heteroatoms. The maximum Gasteiger partial charge on any atom is 0.164 e. The summed E-state index contributed by atoms with van der Waals surface area (Å²) in [6.07, 6.45) is 0. The first-order valence-electron chi connectivity index (χ1n) is 19.0. The number of nitrogens with zero attached hydrogens (tertiary/aromatic N) is 4. The Morgan fingerprint density at radius 1 is 0.333 bits per heavy atom. The summed E-state index contributed by atoms with van der Waals surface area (Å²) in [6.45, 7) is 0. The van der Waals surface area contributed by atoms with Crippen molar-refractivity contribution in [1.29, 1.82) is 0 Å². The number of furan rings is 2. The lowest BCUT2D eigenvalue weighted by Gasteiger charge is -2.10. The molecule has 4 aromatic heterocycles. The van der Waals surface area contributed by atoms with E-state index in [0.717, 1.165) is 99.2 Å². The van der Waals surface area contributed by atoms with Crippen molar-refractivity contribution >= 4 is 65.7 Å². The zero-order chi connectivity index (χ0) is 37.5. The van der Waals surface area contributed by atoms with Crippen molar-refractivity contribution in [3.05, 3.63) is 182 Å². The first-order chi connectivity index (χ1) is 28.2. The molecular formula is C51H30N4O2. The van der Waals surface area contributed by atoms with E-state index in [4.69, 9.17) is 23.8 Å². The molecule has 0 aliphatic heterocycles. The molecule has 0 aliphatic rings. The van der Waals surface area contributed by atoms with Crippen LogP contribution in [-0.2, 0) is 0 Å². The minimum absolute atomic E-state index is 0.554. The number of para-hydroxylation sites is 3. The molecule has 57 heavy (non-hydrogen) atoms. The van der Waals surface area contributed by atoms with E-state index in [1.54, 1.807) is 0 Å². The van der Waals surface area contributed by atoms with Gasteiger partial charge in [-0.3, -0.25) is 0 Å². The summed E-state index contributed by atoms with van der Waals surface area (Å²) in [5, 5.41) is 6.47. The molecule has 0 N–H and O–H groups in total. The summed E-state index contributed by atoms with van der Waals surface area (Å²) in [7, 11) is 0. The zero-order valence-electron chi connectivity index (χ0n) is 30.4. The molecule has 6 nitrogen and oxygen atoms in total. The number of fused-ring (bicyclic) bond motifs is 10. The SMILES string of the molecule is c1ccc(-c2cccc(-c3nc(-c4ccc5c(c4)oc4ccccc45)nc(-c4ccc5c(c4)oc4c5ccc5c4c4ccccc4n5-c4ccccc4)n3)c2)cc1. The van der Waals surface area contributed by atoms with Gasteiger partial charge in [0.05, 0.1) is 16.4 Å². The smallest absolute Gasteiger partial charge is 0.164 e. The highest BCUT2D eigenvalue weighted by Crippen LogP contribution is 2.41. The molecule has 0 spiro atoms. The van der Waals surface area contributed by atoms with Gasteiger partial charge in [0.1, 0.15) is 22.3 Å². The summed E-state index contributed by atoms with van der Waals surface area (Å²) in [5.74, 6) is 1.69. The van der Waals surface area contributed by atoms with E-state index < -0.39 is 0 Å². The van der Waals surface area contributed by atoms with Crippen LogP contribution in [0.5, 0.6) is 0 Å². The molecule has 0 radical (unpaired) electrons. The Morgan fingerprint density at radius 3 is 1.63 bits per heavy atom. The highest BCUT2D eigenvalue weighted by atomic mass is 16.3. The maximum absolute atomic E-state index is 6.86. The molecular weight excluding hydrogens is 701 g/mol. The van der Waals surface area contributed by atoms with Crippen LogP contribution in [0.1, 0.15) is 0 Å². The lowest BCUT2D eigenvalue weighted by Crippen LogP contribution is -2.00. The van der Waals surface area contributed by atoms with E-state index >= 15 is 0 Å². The van der Waals surface area contributed by atoms with Gasteiger partial charge < -0.3 is 13.4 Å². The van der Waals surface area contributed by atoms with Crippen molar-refractivity contribution in [2.45, 2.75) is 0 Å². The average molecular weight is 731 g/mol. The molecule has 12 rings (SSSR count). The number of benzene rings is 8. The van der Waals surface area contributed by atoms with Crippen LogP contribution in [-0.4, -0.2) is 19.5 Å². The Kier molecular flexibility index (Phi) is 6.83. The van der Waals surface area contributed by atoms with E-state index in [1.807, 2.05) is 36.4 Å². The molecule has 0 atom stereocenters. The summed E-state index contributed by atoms with van der Waals surface area (Å²) >= 11 is 0. The van der Waals surface area contributed by atoms with Gasteiger partial charge in [0.25, 0.3) is 0 Å². The van der Waals surface area contributed by atoms with Crippen LogP contribution in [0.15, 0.2) is 191 Å². The van der Waals surface area contributed by atoms with Gasteiger partial charge in [-0.25, -0.2) is 15.0 Å². The van der Waals surface area contributed by atoms with Crippen molar-refractivity contribution in [2.75, 3.05) is 0 Å². The van der Waals surface area contributed by atoms with Gasteiger partial charge in [-0.05, 0) is 77.9 Å². The predicted molar refractivity (Wildman–Crippen MR) is 230 cm³/mol. The highest BCUT2D eigenvalue weighted by molar-refractivity contribution is 6.24. The van der Waals surface area contributed by atoms with Gasteiger partial charge in [-0.15, -0.1) is 0 Å². The third-order valence-corrected chi connectivity index (χ3v) is 11.0. The molecule has 0 unspecified atom stereocenters. The molecule has 0 bridgehead atoms. The van der Waals surface area contributed by atoms with E-state index in [2.05, 4.69) is 150 Å². The molecule has 266 valence electrons. The normalized spacial score (nSPS) is 11.9. The Morgan fingerprint density at radius 2 is 0.877 bits per heavy atom. The number of rotatable bonds is 5. The maximum atomic E-state index is 6.86. The van der Waals surface area contributed by atoms with Crippen LogP contribution in [0.2, 0.25) is 0 Å². The number of hydrogen-bond acceptors (Lipinski definition) is 5. The van der Waals surface area contributed by atoms with Crippen LogP contribution in [0.3, 0.4) is 0 Å². The predicted octanol–water partition coefficient (Wildman–Crippen LogP) is 13.4. The molecule has 0 saturated heterocycles. The minimum atomic E-state index is 0.554. The third-order valence-electron chi connectivity index (χ3n) is 11.0. The van der Waals surface area contributed by atoms with Crippen molar-refractivity contribution in [3.63, 3.8) is 0 Å². The van der Waals surface area contributed by atoms with Gasteiger partial charge in [-0.2, -0.15) is 0 Å². The summed E-state index contributed by atoms with van der Waals surface area (Å²) < 4.78 is 15.5. The van der Waals surface area contributed by atoms with Gasteiger partial charge in [0.2, 0.25) is 0 Å². The molecule has 0 saturated carbocycles. The van der Waals surface area contributed by atoms with E-state index in [9.17, 15) is 0 Å². The lowest BCUT2D eigenvalue weighted by molar-refractivity contribution is 0.669. The van der Waals surface area contributed by atoms with E-state index in [-0.39, 0.29) is 0 Å². The fourth-order valence-corrected chi connectivity index (χ4v) is 8.38. The first kappa shape index (κ1) is 31.5. The first-order valence-corrected chi connectivity index (χ1v) is 19.0. The van der Waals surface area contributed by atoms with Crippen molar-refractivity contribution in [2.24, 2.45) is 0 Å². The largest absolute Gasteiger partial charge is 0.456 e. The molecule has 0 fully saturated rings. The second kappa shape index (κ2) is 12.3. The monoisotopic (exact) mass is 730 g/mol. The zero-order valence-corrected chi connectivity index (χ0v) is 30.4. The molecule has 12 aromatic rings. The van der Waals surface area contributed by atoms with Crippen molar-refractivity contribution < 1.29 is 8.83 Å². The summed E-state index contributed by atoms with van der Waals surface area (Å²) in [5.41, 5.74) is 11.4. The summed E-state index contributed by atoms with van der Waals surface area (Å²) in [4.78, 5) is 15.3. The van der Waals surface area contributed by atoms with E-state index in [1.165, 1.54) is 0 Å². The average Bonchev–Trinajstić information content (AvgIpc) is 3.96. The fraction of sp³-hybridized carbons (Fsp3) is 0. The minimum Gasteiger partial charge on any atom is -0.456 e. The summed E-state index contributed by atoms with van der Waals surface area (Å²) in [6, 6.07) is 62.7. The van der Waals surface area contributed by atoms with Crippen molar-refractivity contribution in [3.8, 4) is 51.0 Å². The number of aromatic nitrogens is 4. The second-order valence-corrected chi connectivity index (χ2v) is 14.4.